The molecule has 11 heteroatoms. The summed E-state index contributed by atoms with van der Waals surface area (Å²) in [7, 11) is 1.49. The molecule has 0 amide bonds. The number of imidazole rings is 1. The largest absolute Gasteiger partial charge is 0.496 e. The van der Waals surface area contributed by atoms with Crippen LogP contribution in [-0.4, -0.2) is 27.0 Å². The van der Waals surface area contributed by atoms with Crippen LogP contribution in [0.25, 0.3) is 22.6 Å². The molecule has 0 radical (unpaired) electrons. The Hall–Kier alpha value is -3.30. The molecule has 6 nitrogen and oxygen atoms in total. The summed E-state index contributed by atoms with van der Waals surface area (Å²) in [5, 5.41) is 0.668. The summed E-state index contributed by atoms with van der Waals surface area (Å²) >= 11 is 12.2. The van der Waals surface area contributed by atoms with Crippen molar-refractivity contribution in [1.82, 2.24) is 19.9 Å². The normalized spacial score (nSPS) is 11.5. The van der Waals surface area contributed by atoms with E-state index in [2.05, 4.69) is 19.9 Å². The predicted molar refractivity (Wildman–Crippen MR) is 117 cm³/mol. The fourth-order valence-corrected chi connectivity index (χ4v) is 3.32. The summed E-state index contributed by atoms with van der Waals surface area (Å²) < 4.78 is 49.1. The van der Waals surface area contributed by atoms with Gasteiger partial charge in [0.25, 0.3) is 0 Å². The van der Waals surface area contributed by atoms with Gasteiger partial charge in [0.05, 0.1) is 18.4 Å². The van der Waals surface area contributed by atoms with Crippen LogP contribution < -0.4 is 9.47 Å². The minimum Gasteiger partial charge on any atom is -0.496 e. The van der Waals surface area contributed by atoms with Gasteiger partial charge >= 0.3 is 6.18 Å². The van der Waals surface area contributed by atoms with E-state index in [0.29, 0.717) is 50.1 Å². The number of aromatic nitrogens is 4. The molecule has 0 aliphatic rings. The second-order valence-electron chi connectivity index (χ2n) is 6.80. The summed E-state index contributed by atoms with van der Waals surface area (Å²) in [5.74, 6) is 1.39. The summed E-state index contributed by atoms with van der Waals surface area (Å²) in [6.45, 7) is -0.0164. The highest BCUT2D eigenvalue weighted by Crippen LogP contribution is 2.37. The van der Waals surface area contributed by atoms with Crippen LogP contribution in [0.4, 0.5) is 13.2 Å². The first kappa shape index (κ1) is 22.9. The van der Waals surface area contributed by atoms with Crippen LogP contribution in [0.2, 0.25) is 10.3 Å². The summed E-state index contributed by atoms with van der Waals surface area (Å²) in [6.07, 6.45) is -2.09. The highest BCUT2D eigenvalue weighted by atomic mass is 35.5. The Balaban J connectivity index is 1.53. The lowest BCUT2D eigenvalue weighted by atomic mass is 10.1. The number of halogens is 5. The maximum absolute atomic E-state index is 12.7. The second-order valence-corrected chi connectivity index (χ2v) is 7.57. The Bertz CT molecular complexity index is 1260. The van der Waals surface area contributed by atoms with Crippen LogP contribution in [0, 0.1) is 0 Å². The van der Waals surface area contributed by atoms with Crippen molar-refractivity contribution in [1.29, 1.82) is 0 Å². The van der Waals surface area contributed by atoms with E-state index < -0.39 is 11.7 Å². The van der Waals surface area contributed by atoms with Crippen molar-refractivity contribution in [3.05, 3.63) is 76.4 Å². The monoisotopic (exact) mass is 494 g/mol. The van der Waals surface area contributed by atoms with Crippen LogP contribution >= 0.6 is 23.2 Å². The smallest absolute Gasteiger partial charge is 0.417 e. The Morgan fingerprint density at radius 1 is 1.00 bits per heavy atom. The number of hydrogen-bond donors (Lipinski definition) is 1. The van der Waals surface area contributed by atoms with Gasteiger partial charge in [-0.2, -0.15) is 13.2 Å². The van der Waals surface area contributed by atoms with Crippen molar-refractivity contribution in [3.63, 3.8) is 0 Å². The van der Waals surface area contributed by atoms with Crippen molar-refractivity contribution >= 4 is 23.2 Å². The van der Waals surface area contributed by atoms with Crippen molar-refractivity contribution in [2.45, 2.75) is 12.8 Å². The number of hydrogen-bond acceptors (Lipinski definition) is 5. The lowest BCUT2D eigenvalue weighted by Gasteiger charge is -2.11. The zero-order valence-corrected chi connectivity index (χ0v) is 18.5. The van der Waals surface area contributed by atoms with Crippen LogP contribution in [-0.2, 0) is 12.8 Å². The number of ether oxygens (including phenoxy) is 2. The van der Waals surface area contributed by atoms with Gasteiger partial charge in [0, 0.05) is 29.6 Å². The van der Waals surface area contributed by atoms with E-state index in [-0.39, 0.29) is 6.61 Å². The van der Waals surface area contributed by atoms with E-state index in [1.165, 1.54) is 13.2 Å². The molecule has 0 saturated carbocycles. The average Bonchev–Trinajstić information content (AvgIpc) is 3.19. The number of nitrogens with one attached hydrogen (secondary N) is 1. The molecule has 3 aromatic heterocycles. The Morgan fingerprint density at radius 2 is 1.82 bits per heavy atom. The number of aromatic amines is 1. The highest BCUT2D eigenvalue weighted by Gasteiger charge is 2.30. The highest BCUT2D eigenvalue weighted by molar-refractivity contribution is 6.32. The third-order valence-corrected chi connectivity index (χ3v) is 5.12. The molecule has 4 aromatic rings. The number of nitrogens with zero attached hydrogens (tertiary/aromatic N) is 3. The molecular formula is C22H15Cl2F3N4O2. The van der Waals surface area contributed by atoms with E-state index in [1.807, 2.05) is 0 Å². The molecule has 0 fully saturated rings. The minimum atomic E-state index is -4.44. The molecular weight excluding hydrogens is 480 g/mol. The predicted octanol–water partition coefficient (Wildman–Crippen LogP) is 6.45. The van der Waals surface area contributed by atoms with Crippen molar-refractivity contribution in [2.24, 2.45) is 0 Å². The molecule has 0 atom stereocenters. The summed E-state index contributed by atoms with van der Waals surface area (Å²) in [5.41, 5.74) is 1.32. The van der Waals surface area contributed by atoms with Crippen molar-refractivity contribution in [3.8, 4) is 34.1 Å². The van der Waals surface area contributed by atoms with E-state index in [9.17, 15) is 13.2 Å². The number of alkyl halides is 3. The SMILES string of the molecule is COc1cc(OCc2ccc(C(F)(F)F)cn2)ccc1-c1nc(-c2ccc(Cl)nc2)[nH]c1Cl. The third kappa shape index (κ3) is 5.20. The zero-order chi connectivity index (χ0) is 23.6. The Kier molecular flexibility index (Phi) is 6.44. The molecule has 3 heterocycles. The molecule has 0 unspecified atom stereocenters. The van der Waals surface area contributed by atoms with Gasteiger partial charge in [-0.25, -0.2) is 9.97 Å². The fraction of sp³-hybridized carbons (Fsp3) is 0.136. The topological polar surface area (TPSA) is 72.9 Å². The van der Waals surface area contributed by atoms with E-state index in [1.54, 1.807) is 36.5 Å². The molecule has 4 rings (SSSR count). The third-order valence-electron chi connectivity index (χ3n) is 4.63. The Morgan fingerprint density at radius 3 is 2.45 bits per heavy atom. The molecule has 1 aromatic carbocycles. The molecule has 0 saturated heterocycles. The molecule has 0 spiro atoms. The van der Waals surface area contributed by atoms with E-state index >= 15 is 0 Å². The molecule has 0 aliphatic heterocycles. The van der Waals surface area contributed by atoms with Crippen LogP contribution in [0.1, 0.15) is 11.3 Å². The first-order valence-electron chi connectivity index (χ1n) is 9.45. The molecule has 0 aliphatic carbocycles. The van der Waals surface area contributed by atoms with E-state index in [4.69, 9.17) is 32.7 Å². The van der Waals surface area contributed by atoms with Gasteiger partial charge in [0.15, 0.2) is 0 Å². The van der Waals surface area contributed by atoms with Crippen LogP contribution in [0.3, 0.4) is 0 Å². The van der Waals surface area contributed by atoms with Gasteiger partial charge in [0.1, 0.15) is 39.9 Å². The maximum atomic E-state index is 12.7. The molecule has 1 N–H and O–H groups in total. The average molecular weight is 495 g/mol. The van der Waals surface area contributed by atoms with Gasteiger partial charge in [0.2, 0.25) is 0 Å². The number of benzene rings is 1. The molecule has 33 heavy (non-hydrogen) atoms. The number of H-pyrrole nitrogens is 1. The first-order valence-corrected chi connectivity index (χ1v) is 10.2. The number of rotatable bonds is 6. The number of pyridine rings is 2. The van der Waals surface area contributed by atoms with Crippen molar-refractivity contribution in [2.75, 3.05) is 7.11 Å². The summed E-state index contributed by atoms with van der Waals surface area (Å²) in [6, 6.07) is 10.7. The number of methoxy groups -OCH3 is 1. The Labute approximate surface area is 196 Å². The fourth-order valence-electron chi connectivity index (χ4n) is 2.97. The maximum Gasteiger partial charge on any atom is 0.417 e. The van der Waals surface area contributed by atoms with Crippen molar-refractivity contribution < 1.29 is 22.6 Å². The lowest BCUT2D eigenvalue weighted by Crippen LogP contribution is -2.06. The van der Waals surface area contributed by atoms with Gasteiger partial charge in [-0.05, 0) is 36.4 Å². The first-order chi connectivity index (χ1) is 15.7. The lowest BCUT2D eigenvalue weighted by molar-refractivity contribution is -0.137. The van der Waals surface area contributed by atoms with Gasteiger partial charge in [-0.15, -0.1) is 0 Å². The quantitative estimate of drug-likeness (QED) is 0.312. The van der Waals surface area contributed by atoms with Crippen LogP contribution in [0.15, 0.2) is 54.9 Å². The zero-order valence-electron chi connectivity index (χ0n) is 17.0. The second kappa shape index (κ2) is 9.29. The van der Waals surface area contributed by atoms with Gasteiger partial charge in [-0.3, -0.25) is 4.98 Å². The summed E-state index contributed by atoms with van der Waals surface area (Å²) in [4.78, 5) is 15.4. The van der Waals surface area contributed by atoms with Gasteiger partial charge < -0.3 is 14.5 Å². The van der Waals surface area contributed by atoms with Crippen LogP contribution in [0.5, 0.6) is 11.5 Å². The molecule has 0 bridgehead atoms. The van der Waals surface area contributed by atoms with Gasteiger partial charge in [-0.1, -0.05) is 23.2 Å². The minimum absolute atomic E-state index is 0.0164. The van der Waals surface area contributed by atoms with E-state index in [0.717, 1.165) is 12.3 Å². The standard InChI is InChI=1S/C22H15Cl2F3N4O2/c1-32-17-8-15(33-11-14-4-3-13(10-28-14)22(25,26)27)5-6-16(17)19-20(24)31-21(30-19)12-2-7-18(23)29-9-12/h2-10H,11H2,1H3,(H,30,31). The molecule has 170 valence electrons.